The Bertz CT molecular complexity index is 317. The molecule has 0 unspecified atom stereocenters. The summed E-state index contributed by atoms with van der Waals surface area (Å²) in [7, 11) is 0. The number of carbonyl (C=O) groups is 1. The molecule has 0 spiro atoms. The zero-order chi connectivity index (χ0) is 17.0. The Morgan fingerprint density at radius 1 is 0.625 bits per heavy atom. The van der Waals surface area contributed by atoms with Gasteiger partial charge in [-0.15, -0.1) is 0 Å². The van der Waals surface area contributed by atoms with E-state index in [4.69, 9.17) is 0 Å². The monoisotopic (exact) mass is 334 g/mol. The molecule has 2 aliphatic rings. The van der Waals surface area contributed by atoms with E-state index < -0.39 is 0 Å². The lowest BCUT2D eigenvalue weighted by Gasteiger charge is -2.29. The number of ketones is 1. The van der Waals surface area contributed by atoms with E-state index in [1.807, 2.05) is 0 Å². The van der Waals surface area contributed by atoms with Gasteiger partial charge in [0.05, 0.1) is 0 Å². The summed E-state index contributed by atoms with van der Waals surface area (Å²) in [4.78, 5) is 11.3. The highest BCUT2D eigenvalue weighted by atomic mass is 16.1. The Balaban J connectivity index is 1.43. The van der Waals surface area contributed by atoms with Gasteiger partial charge in [0.1, 0.15) is 5.78 Å². The van der Waals surface area contributed by atoms with Gasteiger partial charge >= 0.3 is 0 Å². The molecular formula is C23H42O. The number of hydrogen-bond acceptors (Lipinski definition) is 1. The standard InChI is InChI=1S/C23H42O/c1-2-3-4-5-6-9-20-12-14-21(15-13-20)10-7-8-11-22-16-18-23(24)19-17-22/h20-22H,2-19H2,1H3. The number of rotatable bonds is 11. The summed E-state index contributed by atoms with van der Waals surface area (Å²) in [6.45, 7) is 2.30. The van der Waals surface area contributed by atoms with Crippen LogP contribution in [-0.4, -0.2) is 5.78 Å². The van der Waals surface area contributed by atoms with Crippen molar-refractivity contribution in [3.8, 4) is 0 Å². The first kappa shape index (κ1) is 20.0. The molecular weight excluding hydrogens is 292 g/mol. The van der Waals surface area contributed by atoms with E-state index >= 15 is 0 Å². The predicted molar refractivity (Wildman–Crippen MR) is 104 cm³/mol. The van der Waals surface area contributed by atoms with E-state index in [0.717, 1.165) is 30.6 Å². The molecule has 0 aliphatic heterocycles. The first-order valence-corrected chi connectivity index (χ1v) is 11.3. The lowest BCUT2D eigenvalue weighted by atomic mass is 9.77. The summed E-state index contributed by atoms with van der Waals surface area (Å²) in [6.07, 6.45) is 24.6. The molecule has 140 valence electrons. The molecule has 1 nitrogen and oxygen atoms in total. The second kappa shape index (κ2) is 12.1. The molecule has 0 aromatic heterocycles. The van der Waals surface area contributed by atoms with Crippen molar-refractivity contribution < 1.29 is 4.79 Å². The minimum absolute atomic E-state index is 0.508. The number of unbranched alkanes of at least 4 members (excludes halogenated alkanes) is 5. The third kappa shape index (κ3) is 8.17. The molecule has 0 amide bonds. The van der Waals surface area contributed by atoms with E-state index in [1.165, 1.54) is 103 Å². The van der Waals surface area contributed by atoms with E-state index in [9.17, 15) is 4.79 Å². The SMILES string of the molecule is CCCCCCCC1CCC(CCCCC2CCC(=O)CC2)CC1. The molecule has 2 fully saturated rings. The van der Waals surface area contributed by atoms with Crippen LogP contribution in [0.15, 0.2) is 0 Å². The van der Waals surface area contributed by atoms with Crippen LogP contribution in [0.5, 0.6) is 0 Å². The van der Waals surface area contributed by atoms with Crippen LogP contribution in [0.2, 0.25) is 0 Å². The zero-order valence-electron chi connectivity index (χ0n) is 16.4. The van der Waals surface area contributed by atoms with Crippen molar-refractivity contribution in [3.05, 3.63) is 0 Å². The fourth-order valence-electron chi connectivity index (χ4n) is 5.00. The van der Waals surface area contributed by atoms with Crippen molar-refractivity contribution in [2.45, 2.75) is 122 Å². The highest BCUT2D eigenvalue weighted by Gasteiger charge is 2.21. The Hall–Kier alpha value is -0.330. The molecule has 2 aliphatic carbocycles. The van der Waals surface area contributed by atoms with Gasteiger partial charge < -0.3 is 0 Å². The number of Topliss-reactive ketones (excluding diaryl/α,β-unsaturated/α-hetero) is 1. The third-order valence-electron chi connectivity index (χ3n) is 6.82. The summed E-state index contributed by atoms with van der Waals surface area (Å²) >= 11 is 0. The van der Waals surface area contributed by atoms with Crippen LogP contribution in [0.25, 0.3) is 0 Å². The topological polar surface area (TPSA) is 17.1 Å². The lowest BCUT2D eigenvalue weighted by Crippen LogP contribution is -2.15. The molecule has 0 aromatic carbocycles. The molecule has 0 heterocycles. The maximum Gasteiger partial charge on any atom is 0.132 e. The quantitative estimate of drug-likeness (QED) is 0.358. The molecule has 0 aromatic rings. The van der Waals surface area contributed by atoms with Gasteiger partial charge in [-0.3, -0.25) is 4.79 Å². The van der Waals surface area contributed by atoms with E-state index in [2.05, 4.69) is 6.92 Å². The van der Waals surface area contributed by atoms with E-state index in [1.54, 1.807) is 0 Å². The lowest BCUT2D eigenvalue weighted by molar-refractivity contribution is -0.121. The number of carbonyl (C=O) groups excluding carboxylic acids is 1. The number of hydrogen-bond donors (Lipinski definition) is 0. The Labute approximate surface area is 151 Å². The van der Waals surface area contributed by atoms with Crippen LogP contribution in [0.3, 0.4) is 0 Å². The Morgan fingerprint density at radius 3 is 1.54 bits per heavy atom. The summed E-state index contributed by atoms with van der Waals surface area (Å²) in [5.41, 5.74) is 0. The van der Waals surface area contributed by atoms with Crippen molar-refractivity contribution in [1.29, 1.82) is 0 Å². The second-order valence-corrected chi connectivity index (χ2v) is 8.86. The van der Waals surface area contributed by atoms with Crippen molar-refractivity contribution >= 4 is 5.78 Å². The maximum atomic E-state index is 11.3. The van der Waals surface area contributed by atoms with Crippen molar-refractivity contribution in [1.82, 2.24) is 0 Å². The van der Waals surface area contributed by atoms with E-state index in [0.29, 0.717) is 5.78 Å². The van der Waals surface area contributed by atoms with Crippen LogP contribution in [0.4, 0.5) is 0 Å². The summed E-state index contributed by atoms with van der Waals surface area (Å²) in [5, 5.41) is 0. The normalized spacial score (nSPS) is 26.0. The molecule has 2 rings (SSSR count). The van der Waals surface area contributed by atoms with Gasteiger partial charge in [0.15, 0.2) is 0 Å². The highest BCUT2D eigenvalue weighted by molar-refractivity contribution is 5.78. The third-order valence-corrected chi connectivity index (χ3v) is 6.82. The smallest absolute Gasteiger partial charge is 0.132 e. The first-order chi connectivity index (χ1) is 11.8. The first-order valence-electron chi connectivity index (χ1n) is 11.3. The van der Waals surface area contributed by atoms with Crippen LogP contribution in [-0.2, 0) is 4.79 Å². The van der Waals surface area contributed by atoms with Gasteiger partial charge in [-0.25, -0.2) is 0 Å². The minimum atomic E-state index is 0.508. The Morgan fingerprint density at radius 2 is 1.04 bits per heavy atom. The average Bonchev–Trinajstić information content (AvgIpc) is 2.61. The molecule has 2 saturated carbocycles. The van der Waals surface area contributed by atoms with Crippen LogP contribution < -0.4 is 0 Å². The van der Waals surface area contributed by atoms with Gasteiger partial charge in [-0.1, -0.05) is 96.8 Å². The molecule has 0 N–H and O–H groups in total. The van der Waals surface area contributed by atoms with Crippen molar-refractivity contribution in [3.63, 3.8) is 0 Å². The molecule has 0 radical (unpaired) electrons. The van der Waals surface area contributed by atoms with Crippen LogP contribution >= 0.6 is 0 Å². The summed E-state index contributed by atoms with van der Waals surface area (Å²) in [6, 6.07) is 0. The highest BCUT2D eigenvalue weighted by Crippen LogP contribution is 2.35. The van der Waals surface area contributed by atoms with Gasteiger partial charge in [0.25, 0.3) is 0 Å². The molecule has 0 atom stereocenters. The average molecular weight is 335 g/mol. The van der Waals surface area contributed by atoms with Crippen LogP contribution in [0.1, 0.15) is 122 Å². The fourth-order valence-corrected chi connectivity index (χ4v) is 5.00. The fraction of sp³-hybridized carbons (Fsp3) is 0.957. The summed E-state index contributed by atoms with van der Waals surface area (Å²) in [5.74, 6) is 3.47. The zero-order valence-corrected chi connectivity index (χ0v) is 16.4. The van der Waals surface area contributed by atoms with E-state index in [-0.39, 0.29) is 0 Å². The van der Waals surface area contributed by atoms with Gasteiger partial charge in [-0.05, 0) is 30.6 Å². The molecule has 0 bridgehead atoms. The molecule has 0 saturated heterocycles. The molecule has 1 heteroatoms. The molecule has 24 heavy (non-hydrogen) atoms. The largest absolute Gasteiger partial charge is 0.300 e. The minimum Gasteiger partial charge on any atom is -0.300 e. The van der Waals surface area contributed by atoms with Gasteiger partial charge in [-0.2, -0.15) is 0 Å². The van der Waals surface area contributed by atoms with Crippen LogP contribution in [0, 0.1) is 17.8 Å². The predicted octanol–water partition coefficient (Wildman–Crippen LogP) is 7.47. The van der Waals surface area contributed by atoms with Crippen molar-refractivity contribution in [2.75, 3.05) is 0 Å². The second-order valence-electron chi connectivity index (χ2n) is 8.86. The van der Waals surface area contributed by atoms with Crippen molar-refractivity contribution in [2.24, 2.45) is 17.8 Å². The maximum absolute atomic E-state index is 11.3. The van der Waals surface area contributed by atoms with Gasteiger partial charge in [0, 0.05) is 12.8 Å². The van der Waals surface area contributed by atoms with Gasteiger partial charge in [0.2, 0.25) is 0 Å². The Kier molecular flexibility index (Phi) is 10.1. The summed E-state index contributed by atoms with van der Waals surface area (Å²) < 4.78 is 0.